The first-order valence-electron chi connectivity index (χ1n) is 4.84. The summed E-state index contributed by atoms with van der Waals surface area (Å²) >= 11 is 0. The first-order valence-corrected chi connectivity index (χ1v) is 4.84. The van der Waals surface area contributed by atoms with Gasteiger partial charge in [-0.1, -0.05) is 17.7 Å². The fraction of sp³-hybridized carbons (Fsp3) is 0.455. The number of halogens is 1. The lowest BCUT2D eigenvalue weighted by molar-refractivity contribution is 0.0757. The highest BCUT2D eigenvalue weighted by molar-refractivity contribution is 5.27. The lowest BCUT2D eigenvalue weighted by Crippen LogP contribution is -2.35. The van der Waals surface area contributed by atoms with E-state index in [9.17, 15) is 4.39 Å². The Balaban J connectivity index is 2.24. The largest absolute Gasteiger partial charge is 0.378 e. The van der Waals surface area contributed by atoms with E-state index in [0.717, 1.165) is 12.1 Å². The number of hydrogen-bond donors (Lipinski definition) is 1. The van der Waals surface area contributed by atoms with Gasteiger partial charge in [-0.2, -0.15) is 0 Å². The van der Waals surface area contributed by atoms with Crippen molar-refractivity contribution < 1.29 is 9.13 Å². The summed E-state index contributed by atoms with van der Waals surface area (Å²) in [6, 6.07) is 5.18. The van der Waals surface area contributed by atoms with Crippen molar-refractivity contribution in [3.8, 4) is 0 Å². The Morgan fingerprint density at radius 2 is 2.36 bits per heavy atom. The van der Waals surface area contributed by atoms with Gasteiger partial charge in [-0.25, -0.2) is 4.39 Å². The van der Waals surface area contributed by atoms with Gasteiger partial charge in [0, 0.05) is 12.1 Å². The predicted molar refractivity (Wildman–Crippen MR) is 52.7 cm³/mol. The Labute approximate surface area is 83.1 Å². The number of benzene rings is 1. The molecule has 2 rings (SSSR count). The van der Waals surface area contributed by atoms with Crippen molar-refractivity contribution >= 4 is 0 Å². The van der Waals surface area contributed by atoms with E-state index in [1.54, 1.807) is 6.07 Å². The fourth-order valence-electron chi connectivity index (χ4n) is 1.70. The second kappa shape index (κ2) is 4.07. The van der Waals surface area contributed by atoms with E-state index in [2.05, 4.69) is 5.32 Å². The molecule has 0 bridgehead atoms. The molecule has 2 nitrogen and oxygen atoms in total. The van der Waals surface area contributed by atoms with Gasteiger partial charge in [0.25, 0.3) is 0 Å². The number of nitrogens with one attached hydrogen (secondary N) is 1. The number of rotatable bonds is 1. The summed E-state index contributed by atoms with van der Waals surface area (Å²) in [4.78, 5) is 0. The summed E-state index contributed by atoms with van der Waals surface area (Å²) in [6.45, 7) is 4.02. The Hall–Kier alpha value is -0.930. The molecule has 76 valence electrons. The Morgan fingerprint density at radius 3 is 3.07 bits per heavy atom. The van der Waals surface area contributed by atoms with Gasteiger partial charge in [-0.15, -0.1) is 0 Å². The number of morpholine rings is 1. The lowest BCUT2D eigenvalue weighted by atomic mass is 10.0. The first-order chi connectivity index (χ1) is 6.77. The van der Waals surface area contributed by atoms with Crippen LogP contribution in [0.1, 0.15) is 17.2 Å². The molecule has 0 radical (unpaired) electrons. The summed E-state index contributed by atoms with van der Waals surface area (Å²) in [6.07, 6.45) is 0. The van der Waals surface area contributed by atoms with E-state index in [1.165, 1.54) is 6.07 Å². The summed E-state index contributed by atoms with van der Waals surface area (Å²) in [5, 5.41) is 3.24. The average Bonchev–Trinajstić information content (AvgIpc) is 2.23. The van der Waals surface area contributed by atoms with Gasteiger partial charge in [-0.05, 0) is 13.0 Å². The molecule has 1 aliphatic rings. The van der Waals surface area contributed by atoms with Crippen LogP contribution in [-0.2, 0) is 4.74 Å². The highest BCUT2D eigenvalue weighted by Gasteiger charge is 2.18. The van der Waals surface area contributed by atoms with Crippen molar-refractivity contribution in [1.29, 1.82) is 0 Å². The molecule has 1 unspecified atom stereocenters. The predicted octanol–water partition coefficient (Wildman–Crippen LogP) is 1.80. The topological polar surface area (TPSA) is 21.3 Å². The zero-order valence-electron chi connectivity index (χ0n) is 8.22. The third-order valence-corrected chi connectivity index (χ3v) is 2.45. The summed E-state index contributed by atoms with van der Waals surface area (Å²) in [5.41, 5.74) is 1.79. The molecule has 14 heavy (non-hydrogen) atoms. The smallest absolute Gasteiger partial charge is 0.128 e. The Morgan fingerprint density at radius 1 is 1.50 bits per heavy atom. The molecule has 0 aliphatic carbocycles. The van der Waals surface area contributed by atoms with Gasteiger partial charge in [0.2, 0.25) is 0 Å². The van der Waals surface area contributed by atoms with Crippen LogP contribution in [0.3, 0.4) is 0 Å². The maximum atomic E-state index is 13.5. The minimum Gasteiger partial charge on any atom is -0.378 e. The van der Waals surface area contributed by atoms with Crippen molar-refractivity contribution in [3.05, 3.63) is 35.1 Å². The molecule has 1 N–H and O–H groups in total. The average molecular weight is 195 g/mol. The van der Waals surface area contributed by atoms with Crippen LogP contribution in [0, 0.1) is 12.7 Å². The van der Waals surface area contributed by atoms with E-state index in [0.29, 0.717) is 18.8 Å². The molecule has 0 aromatic heterocycles. The maximum Gasteiger partial charge on any atom is 0.128 e. The van der Waals surface area contributed by atoms with Crippen LogP contribution in [0.25, 0.3) is 0 Å². The standard InChI is InChI=1S/C11H14FNO/c1-8-2-3-10(12)9(6-8)11-7-14-5-4-13-11/h2-3,6,11,13H,4-5,7H2,1H3. The Bertz CT molecular complexity index is 321. The minimum absolute atomic E-state index is 0.00338. The highest BCUT2D eigenvalue weighted by atomic mass is 19.1. The van der Waals surface area contributed by atoms with Crippen LogP contribution in [0.15, 0.2) is 18.2 Å². The van der Waals surface area contributed by atoms with Crippen LogP contribution in [-0.4, -0.2) is 19.8 Å². The van der Waals surface area contributed by atoms with Gasteiger partial charge in [0.1, 0.15) is 5.82 Å². The van der Waals surface area contributed by atoms with Gasteiger partial charge < -0.3 is 10.1 Å². The van der Waals surface area contributed by atoms with Crippen LogP contribution >= 0.6 is 0 Å². The highest BCUT2D eigenvalue weighted by Crippen LogP contribution is 2.20. The zero-order valence-corrected chi connectivity index (χ0v) is 8.22. The van der Waals surface area contributed by atoms with E-state index in [4.69, 9.17) is 4.74 Å². The SMILES string of the molecule is Cc1ccc(F)c(C2COCCN2)c1. The third-order valence-electron chi connectivity index (χ3n) is 2.45. The van der Waals surface area contributed by atoms with Crippen LogP contribution in [0.4, 0.5) is 4.39 Å². The number of aryl methyl sites for hydroxylation is 1. The fourth-order valence-corrected chi connectivity index (χ4v) is 1.70. The second-order valence-electron chi connectivity index (χ2n) is 3.61. The van der Waals surface area contributed by atoms with Crippen molar-refractivity contribution in [2.75, 3.05) is 19.8 Å². The van der Waals surface area contributed by atoms with E-state index >= 15 is 0 Å². The molecule has 0 amide bonds. The summed E-state index contributed by atoms with van der Waals surface area (Å²) in [7, 11) is 0. The van der Waals surface area contributed by atoms with E-state index in [1.807, 2.05) is 13.0 Å². The molecule has 1 aromatic rings. The summed E-state index contributed by atoms with van der Waals surface area (Å²) in [5.74, 6) is -0.154. The van der Waals surface area contributed by atoms with Crippen molar-refractivity contribution in [1.82, 2.24) is 5.32 Å². The molecular weight excluding hydrogens is 181 g/mol. The second-order valence-corrected chi connectivity index (χ2v) is 3.61. The molecule has 1 atom stereocenters. The van der Waals surface area contributed by atoms with Crippen LogP contribution < -0.4 is 5.32 Å². The van der Waals surface area contributed by atoms with Gasteiger partial charge in [0.15, 0.2) is 0 Å². The number of ether oxygens (including phenoxy) is 1. The van der Waals surface area contributed by atoms with Gasteiger partial charge in [-0.3, -0.25) is 0 Å². The molecule has 0 spiro atoms. The van der Waals surface area contributed by atoms with Crippen molar-refractivity contribution in [2.24, 2.45) is 0 Å². The quantitative estimate of drug-likeness (QED) is 0.737. The van der Waals surface area contributed by atoms with Gasteiger partial charge in [0.05, 0.1) is 19.3 Å². The van der Waals surface area contributed by atoms with Gasteiger partial charge >= 0.3 is 0 Å². The number of hydrogen-bond acceptors (Lipinski definition) is 2. The Kier molecular flexibility index (Phi) is 2.79. The van der Waals surface area contributed by atoms with E-state index < -0.39 is 0 Å². The monoisotopic (exact) mass is 195 g/mol. The zero-order chi connectivity index (χ0) is 9.97. The molecule has 1 aromatic carbocycles. The third kappa shape index (κ3) is 1.94. The maximum absolute atomic E-state index is 13.5. The van der Waals surface area contributed by atoms with Crippen LogP contribution in [0.5, 0.6) is 0 Å². The minimum atomic E-state index is -0.154. The molecule has 0 saturated carbocycles. The normalized spacial score (nSPS) is 22.3. The molecule has 1 fully saturated rings. The van der Waals surface area contributed by atoms with Crippen molar-refractivity contribution in [2.45, 2.75) is 13.0 Å². The first kappa shape index (κ1) is 9.62. The molecule has 3 heteroatoms. The molecule has 1 heterocycles. The molecular formula is C11H14FNO. The van der Waals surface area contributed by atoms with E-state index in [-0.39, 0.29) is 11.9 Å². The van der Waals surface area contributed by atoms with Crippen LogP contribution in [0.2, 0.25) is 0 Å². The molecule has 1 saturated heterocycles. The van der Waals surface area contributed by atoms with Crippen molar-refractivity contribution in [3.63, 3.8) is 0 Å². The lowest BCUT2D eigenvalue weighted by Gasteiger charge is -2.24. The molecule has 1 aliphatic heterocycles. The summed E-state index contributed by atoms with van der Waals surface area (Å²) < 4.78 is 18.8.